The van der Waals surface area contributed by atoms with Gasteiger partial charge >= 0.3 is 0 Å². The van der Waals surface area contributed by atoms with E-state index in [-0.39, 0.29) is 29.3 Å². The van der Waals surface area contributed by atoms with Crippen molar-refractivity contribution in [1.82, 2.24) is 28.6 Å². The molecule has 2 aromatic rings. The number of aromatic nitrogens is 4. The Morgan fingerprint density at radius 1 is 0.861 bits per heavy atom. The van der Waals surface area contributed by atoms with Crippen molar-refractivity contribution in [2.24, 2.45) is 5.92 Å². The smallest absolute Gasteiger partial charge is 0.214 e. The molecule has 0 amide bonds. The number of rotatable bonds is 9. The maximum Gasteiger partial charge on any atom is 0.214 e. The highest BCUT2D eigenvalue weighted by atomic mass is 32.2. The minimum atomic E-state index is -3.47. The third-order valence-corrected chi connectivity index (χ3v) is 11.2. The summed E-state index contributed by atoms with van der Waals surface area (Å²) in [5.41, 5.74) is 5.92. The van der Waals surface area contributed by atoms with Gasteiger partial charge in [0.1, 0.15) is 0 Å². The minimum absolute atomic E-state index is 0.0409. The van der Waals surface area contributed by atoms with E-state index < -0.39 is 20.0 Å². The van der Waals surface area contributed by atoms with Gasteiger partial charge in [-0.3, -0.25) is 9.78 Å². The lowest BCUT2D eigenvalue weighted by Crippen LogP contribution is -2.39. The highest BCUT2D eigenvalue weighted by molar-refractivity contribution is 7.89. The van der Waals surface area contributed by atoms with E-state index in [1.54, 1.807) is 15.5 Å². The number of hydrogen-bond donors (Lipinski definition) is 1. The van der Waals surface area contributed by atoms with Crippen LogP contribution in [0.5, 0.6) is 0 Å². The van der Waals surface area contributed by atoms with Crippen LogP contribution < -0.4 is 0 Å². The molecule has 2 aliphatic rings. The lowest BCUT2D eigenvalue weighted by atomic mass is 10.0. The molecule has 0 saturated heterocycles. The molecule has 0 bridgehead atoms. The monoisotopic (exact) mass is 540 g/mol. The van der Waals surface area contributed by atoms with Gasteiger partial charge in [-0.1, -0.05) is 34.6 Å². The molecule has 0 aliphatic carbocycles. The Bertz CT molecular complexity index is 1310. The first-order valence-corrected chi connectivity index (χ1v) is 16.2. The van der Waals surface area contributed by atoms with Gasteiger partial charge in [-0.05, 0) is 24.7 Å². The Balaban J connectivity index is 1.50. The average Bonchev–Trinajstić information content (AvgIpc) is 3.39. The van der Waals surface area contributed by atoms with Crippen molar-refractivity contribution in [3.63, 3.8) is 0 Å². The summed E-state index contributed by atoms with van der Waals surface area (Å²) in [6.07, 6.45) is 1.23. The first-order valence-electron chi connectivity index (χ1n) is 12.9. The quantitative estimate of drug-likeness (QED) is 0.522. The van der Waals surface area contributed by atoms with Crippen molar-refractivity contribution in [3.8, 4) is 0 Å². The maximum atomic E-state index is 13.4. The third kappa shape index (κ3) is 5.27. The standard InChI is InChI=1S/C24H40N6O4S2/c1-7-35(31,32)28-11-9-22-20(14-28)24(17(4)5)27-30(22)12-18(6)15-36(33,34)29-10-8-21-19(13-29)23(16(2)3)26-25-21/h16-18H,7-15H2,1-6H3,(H,25,26). The van der Waals surface area contributed by atoms with Gasteiger partial charge in [0.15, 0.2) is 0 Å². The summed E-state index contributed by atoms with van der Waals surface area (Å²) in [6, 6.07) is 0. The fourth-order valence-corrected chi connectivity index (χ4v) is 8.14. The second-order valence-electron chi connectivity index (χ2n) is 10.8. The largest absolute Gasteiger partial charge is 0.282 e. The number of aromatic amines is 1. The summed E-state index contributed by atoms with van der Waals surface area (Å²) in [5.74, 6) is 0.357. The van der Waals surface area contributed by atoms with Crippen LogP contribution in [0.3, 0.4) is 0 Å². The number of nitrogens with zero attached hydrogens (tertiary/aromatic N) is 5. The van der Waals surface area contributed by atoms with E-state index in [0.29, 0.717) is 45.6 Å². The summed E-state index contributed by atoms with van der Waals surface area (Å²) in [6.45, 7) is 13.9. The Hall–Kier alpha value is -1.76. The van der Waals surface area contributed by atoms with Crippen LogP contribution in [0.2, 0.25) is 0 Å². The van der Waals surface area contributed by atoms with Crippen LogP contribution in [0.4, 0.5) is 0 Å². The van der Waals surface area contributed by atoms with E-state index in [1.807, 2.05) is 11.6 Å². The molecule has 0 spiro atoms. The van der Waals surface area contributed by atoms with Crippen LogP contribution in [0.15, 0.2) is 0 Å². The summed E-state index contributed by atoms with van der Waals surface area (Å²) in [4.78, 5) is 0. The first kappa shape index (κ1) is 27.3. The van der Waals surface area contributed by atoms with Gasteiger partial charge in [0.05, 0.1) is 22.9 Å². The van der Waals surface area contributed by atoms with Crippen LogP contribution in [0, 0.1) is 5.92 Å². The third-order valence-electron chi connectivity index (χ3n) is 7.29. The molecule has 12 heteroatoms. The number of sulfonamides is 2. The second kappa shape index (κ2) is 10.2. The molecular weight excluding hydrogens is 500 g/mol. The molecule has 0 aromatic carbocycles. The molecule has 10 nitrogen and oxygen atoms in total. The first-order chi connectivity index (χ1) is 16.8. The average molecular weight is 541 g/mol. The Kier molecular flexibility index (Phi) is 7.72. The highest BCUT2D eigenvalue weighted by Crippen LogP contribution is 2.30. The molecule has 2 aliphatic heterocycles. The van der Waals surface area contributed by atoms with Gasteiger partial charge in [0, 0.05) is 68.1 Å². The zero-order valence-corrected chi connectivity index (χ0v) is 23.9. The van der Waals surface area contributed by atoms with Crippen LogP contribution in [0.25, 0.3) is 0 Å². The van der Waals surface area contributed by atoms with Crippen molar-refractivity contribution >= 4 is 20.0 Å². The van der Waals surface area contributed by atoms with Crippen molar-refractivity contribution < 1.29 is 16.8 Å². The maximum absolute atomic E-state index is 13.4. The normalized spacial score (nSPS) is 18.6. The van der Waals surface area contributed by atoms with Crippen molar-refractivity contribution in [1.29, 1.82) is 0 Å². The summed E-state index contributed by atoms with van der Waals surface area (Å²) >= 11 is 0. The van der Waals surface area contributed by atoms with Crippen molar-refractivity contribution in [2.45, 2.75) is 85.9 Å². The molecule has 2 aromatic heterocycles. The predicted octanol–water partition coefficient (Wildman–Crippen LogP) is 2.59. The molecule has 202 valence electrons. The molecule has 4 rings (SSSR count). The van der Waals surface area contributed by atoms with E-state index >= 15 is 0 Å². The Labute approximate surface area is 215 Å². The number of fused-ring (bicyclic) bond motifs is 2. The molecular formula is C24H40N6O4S2. The van der Waals surface area contributed by atoms with E-state index in [4.69, 9.17) is 5.10 Å². The molecule has 4 heterocycles. The summed E-state index contributed by atoms with van der Waals surface area (Å²) < 4.78 is 56.8. The van der Waals surface area contributed by atoms with Crippen LogP contribution in [0.1, 0.15) is 87.3 Å². The zero-order chi connectivity index (χ0) is 26.4. The van der Waals surface area contributed by atoms with Gasteiger partial charge in [-0.15, -0.1) is 0 Å². The predicted molar refractivity (Wildman–Crippen MR) is 140 cm³/mol. The van der Waals surface area contributed by atoms with E-state index in [1.165, 1.54) is 0 Å². The van der Waals surface area contributed by atoms with E-state index in [9.17, 15) is 16.8 Å². The van der Waals surface area contributed by atoms with Crippen LogP contribution >= 0.6 is 0 Å². The van der Waals surface area contributed by atoms with Gasteiger partial charge in [-0.2, -0.15) is 18.8 Å². The van der Waals surface area contributed by atoms with Gasteiger partial charge in [-0.25, -0.2) is 16.8 Å². The lowest BCUT2D eigenvalue weighted by Gasteiger charge is -2.29. The van der Waals surface area contributed by atoms with Crippen LogP contribution in [-0.2, 0) is 52.5 Å². The van der Waals surface area contributed by atoms with Crippen molar-refractivity contribution in [2.75, 3.05) is 24.6 Å². The molecule has 0 saturated carbocycles. The fraction of sp³-hybridized carbons (Fsp3) is 0.750. The van der Waals surface area contributed by atoms with Crippen LogP contribution in [-0.4, -0.2) is 70.0 Å². The second-order valence-corrected chi connectivity index (χ2v) is 15.1. The van der Waals surface area contributed by atoms with Crippen molar-refractivity contribution in [3.05, 3.63) is 33.9 Å². The topological polar surface area (TPSA) is 121 Å². The Morgan fingerprint density at radius 3 is 2.11 bits per heavy atom. The van der Waals surface area contributed by atoms with Gasteiger partial charge < -0.3 is 0 Å². The number of H-pyrrole nitrogens is 1. The SMILES string of the molecule is CCS(=O)(=O)N1CCc2c(c(C(C)C)nn2CC(C)CS(=O)(=O)N2CCc3[nH]nc(C(C)C)c3C2)C1. The summed E-state index contributed by atoms with van der Waals surface area (Å²) in [7, 11) is -6.74. The molecule has 1 atom stereocenters. The zero-order valence-electron chi connectivity index (χ0n) is 22.3. The lowest BCUT2D eigenvalue weighted by molar-refractivity contribution is 0.369. The Morgan fingerprint density at radius 2 is 1.47 bits per heavy atom. The van der Waals surface area contributed by atoms with E-state index in [0.717, 1.165) is 33.9 Å². The molecule has 1 unspecified atom stereocenters. The summed E-state index contributed by atoms with van der Waals surface area (Å²) in [5, 5.41) is 12.3. The number of nitrogens with one attached hydrogen (secondary N) is 1. The van der Waals surface area contributed by atoms with E-state index in [2.05, 4.69) is 37.9 Å². The highest BCUT2D eigenvalue weighted by Gasteiger charge is 2.34. The number of hydrogen-bond acceptors (Lipinski definition) is 6. The fourth-order valence-electron chi connectivity index (χ4n) is 5.35. The molecule has 0 radical (unpaired) electrons. The van der Waals surface area contributed by atoms with Gasteiger partial charge in [0.2, 0.25) is 20.0 Å². The molecule has 1 N–H and O–H groups in total. The van der Waals surface area contributed by atoms with Gasteiger partial charge in [0.25, 0.3) is 0 Å². The minimum Gasteiger partial charge on any atom is -0.282 e. The molecule has 0 fully saturated rings. The molecule has 36 heavy (non-hydrogen) atoms.